The number of nitrogens with two attached hydrogens (primary N) is 1. The molecule has 0 spiro atoms. The van der Waals surface area contributed by atoms with Crippen molar-refractivity contribution >= 4 is 23.0 Å². The Bertz CT molecular complexity index is 680. The van der Waals surface area contributed by atoms with Gasteiger partial charge in [0.25, 0.3) is 0 Å². The van der Waals surface area contributed by atoms with Gasteiger partial charge in [0.1, 0.15) is 23.2 Å². The zero-order valence-electron chi connectivity index (χ0n) is 11.4. The van der Waals surface area contributed by atoms with Gasteiger partial charge in [0.15, 0.2) is 0 Å². The molecule has 104 valence electrons. The van der Waals surface area contributed by atoms with Crippen molar-refractivity contribution in [3.63, 3.8) is 0 Å². The minimum atomic E-state index is 0.0779. The number of anilines is 1. The summed E-state index contributed by atoms with van der Waals surface area (Å²) in [6, 6.07) is 8.08. The Balaban J connectivity index is 1.96. The molecular formula is C14H16N4OS. The minimum absolute atomic E-state index is 0.0779. The second kappa shape index (κ2) is 4.79. The molecule has 1 atom stereocenters. The molecule has 3 N–H and O–H groups in total. The maximum absolute atomic E-state index is 5.80. The summed E-state index contributed by atoms with van der Waals surface area (Å²) < 4.78 is 7.44. The van der Waals surface area contributed by atoms with Gasteiger partial charge in [-0.2, -0.15) is 5.10 Å². The predicted octanol–water partition coefficient (Wildman–Crippen LogP) is 1.91. The van der Waals surface area contributed by atoms with Crippen LogP contribution in [0, 0.1) is 6.92 Å². The van der Waals surface area contributed by atoms with Gasteiger partial charge < -0.3 is 15.8 Å². The third kappa shape index (κ3) is 2.02. The SMILES string of the molecule is Cc1nn(C)c(NC2COc3ccccc32)c1C(N)=S. The number of aromatic nitrogens is 2. The van der Waals surface area contributed by atoms with Gasteiger partial charge in [-0.1, -0.05) is 30.4 Å². The summed E-state index contributed by atoms with van der Waals surface area (Å²) in [7, 11) is 1.87. The van der Waals surface area contributed by atoms with Crippen LogP contribution in [0.3, 0.4) is 0 Å². The number of thiocarbonyl (C=S) groups is 1. The van der Waals surface area contributed by atoms with Crippen LogP contribution in [0.1, 0.15) is 22.9 Å². The van der Waals surface area contributed by atoms with Gasteiger partial charge in [-0.25, -0.2) is 0 Å². The number of benzene rings is 1. The number of hydrogen-bond donors (Lipinski definition) is 2. The van der Waals surface area contributed by atoms with Gasteiger partial charge in [0.05, 0.1) is 17.3 Å². The smallest absolute Gasteiger partial charge is 0.135 e. The topological polar surface area (TPSA) is 65.1 Å². The molecule has 2 heterocycles. The molecular weight excluding hydrogens is 272 g/mol. The highest BCUT2D eigenvalue weighted by Gasteiger charge is 2.26. The normalized spacial score (nSPS) is 16.6. The minimum Gasteiger partial charge on any atom is -0.491 e. The van der Waals surface area contributed by atoms with Crippen molar-refractivity contribution in [1.82, 2.24) is 9.78 Å². The Morgan fingerprint density at radius 3 is 3.00 bits per heavy atom. The van der Waals surface area contributed by atoms with E-state index in [0.717, 1.165) is 28.4 Å². The first-order chi connectivity index (χ1) is 9.58. The summed E-state index contributed by atoms with van der Waals surface area (Å²) in [4.78, 5) is 0.352. The Morgan fingerprint density at radius 2 is 2.25 bits per heavy atom. The lowest BCUT2D eigenvalue weighted by atomic mass is 10.1. The number of fused-ring (bicyclic) bond motifs is 1. The van der Waals surface area contributed by atoms with Gasteiger partial charge in [0.2, 0.25) is 0 Å². The molecule has 0 saturated carbocycles. The van der Waals surface area contributed by atoms with Crippen LogP contribution in [0.15, 0.2) is 24.3 Å². The highest BCUT2D eigenvalue weighted by molar-refractivity contribution is 7.80. The number of nitrogens with one attached hydrogen (secondary N) is 1. The van der Waals surface area contributed by atoms with Crippen molar-refractivity contribution in [3.8, 4) is 5.75 Å². The van der Waals surface area contributed by atoms with E-state index in [0.29, 0.717) is 11.6 Å². The van der Waals surface area contributed by atoms with E-state index in [1.807, 2.05) is 32.2 Å². The average molecular weight is 288 g/mol. The van der Waals surface area contributed by atoms with E-state index in [2.05, 4.69) is 16.5 Å². The van der Waals surface area contributed by atoms with Crippen molar-refractivity contribution in [2.45, 2.75) is 13.0 Å². The largest absolute Gasteiger partial charge is 0.491 e. The number of nitrogens with zero attached hydrogens (tertiary/aromatic N) is 2. The van der Waals surface area contributed by atoms with E-state index >= 15 is 0 Å². The average Bonchev–Trinajstić information content (AvgIpc) is 2.92. The van der Waals surface area contributed by atoms with Gasteiger partial charge in [-0.3, -0.25) is 4.68 Å². The first kappa shape index (κ1) is 12.9. The predicted molar refractivity (Wildman–Crippen MR) is 82.1 cm³/mol. The summed E-state index contributed by atoms with van der Waals surface area (Å²) in [5.41, 5.74) is 8.57. The summed E-state index contributed by atoms with van der Waals surface area (Å²) in [6.45, 7) is 2.49. The number of rotatable bonds is 3. The van der Waals surface area contributed by atoms with Gasteiger partial charge in [-0.15, -0.1) is 0 Å². The fraction of sp³-hybridized carbons (Fsp3) is 0.286. The quantitative estimate of drug-likeness (QED) is 0.845. The number of ether oxygens (including phenoxy) is 1. The lowest BCUT2D eigenvalue weighted by Crippen LogP contribution is -2.18. The Morgan fingerprint density at radius 1 is 1.50 bits per heavy atom. The Labute approximate surface area is 122 Å². The molecule has 0 fully saturated rings. The zero-order chi connectivity index (χ0) is 14.3. The van der Waals surface area contributed by atoms with Crippen LogP contribution in [0.5, 0.6) is 5.75 Å². The first-order valence-corrected chi connectivity index (χ1v) is 6.80. The highest BCUT2D eigenvalue weighted by atomic mass is 32.1. The summed E-state index contributed by atoms with van der Waals surface area (Å²) in [5, 5.41) is 7.82. The van der Waals surface area contributed by atoms with Crippen LogP contribution in [0.25, 0.3) is 0 Å². The fourth-order valence-corrected chi connectivity index (χ4v) is 2.81. The molecule has 5 nitrogen and oxygen atoms in total. The lowest BCUT2D eigenvalue weighted by Gasteiger charge is -2.15. The molecule has 20 heavy (non-hydrogen) atoms. The summed E-state index contributed by atoms with van der Waals surface area (Å²) >= 11 is 5.12. The summed E-state index contributed by atoms with van der Waals surface area (Å²) in [5.74, 6) is 1.75. The van der Waals surface area contributed by atoms with Crippen LogP contribution in [0.2, 0.25) is 0 Å². The molecule has 0 aliphatic carbocycles. The van der Waals surface area contributed by atoms with E-state index < -0.39 is 0 Å². The van der Waals surface area contributed by atoms with Gasteiger partial charge >= 0.3 is 0 Å². The van der Waals surface area contributed by atoms with Crippen LogP contribution in [-0.2, 0) is 7.05 Å². The molecule has 0 amide bonds. The second-order valence-corrected chi connectivity index (χ2v) is 5.28. The standard InChI is InChI=1S/C14H16N4OS/c1-8-12(13(15)20)14(18(2)17-8)16-10-7-19-11-6-4-3-5-9(10)11/h3-6,10,16H,7H2,1-2H3,(H2,15,20). The molecule has 0 bridgehead atoms. The third-order valence-corrected chi connectivity index (χ3v) is 3.68. The molecule has 1 aromatic carbocycles. The van der Waals surface area contributed by atoms with E-state index in [1.54, 1.807) is 4.68 Å². The molecule has 1 aliphatic rings. The maximum atomic E-state index is 5.80. The fourth-order valence-electron chi connectivity index (χ4n) is 2.57. The molecule has 1 aliphatic heterocycles. The van der Waals surface area contributed by atoms with Crippen LogP contribution < -0.4 is 15.8 Å². The van der Waals surface area contributed by atoms with E-state index in [9.17, 15) is 0 Å². The lowest BCUT2D eigenvalue weighted by molar-refractivity contribution is 0.339. The van der Waals surface area contributed by atoms with Crippen molar-refractivity contribution in [2.75, 3.05) is 11.9 Å². The number of aryl methyl sites for hydroxylation is 2. The van der Waals surface area contributed by atoms with Crippen LogP contribution in [0.4, 0.5) is 5.82 Å². The Hall–Kier alpha value is -2.08. The Kier molecular flexibility index (Phi) is 3.10. The monoisotopic (exact) mass is 288 g/mol. The molecule has 1 aromatic heterocycles. The molecule has 0 saturated heterocycles. The molecule has 0 radical (unpaired) electrons. The van der Waals surface area contributed by atoms with Crippen molar-refractivity contribution in [1.29, 1.82) is 0 Å². The van der Waals surface area contributed by atoms with Crippen LogP contribution >= 0.6 is 12.2 Å². The maximum Gasteiger partial charge on any atom is 0.135 e. The number of para-hydroxylation sites is 1. The van der Waals surface area contributed by atoms with Gasteiger partial charge in [-0.05, 0) is 13.0 Å². The van der Waals surface area contributed by atoms with E-state index in [1.165, 1.54) is 0 Å². The highest BCUT2D eigenvalue weighted by Crippen LogP contribution is 2.35. The molecule has 3 rings (SSSR count). The van der Waals surface area contributed by atoms with Gasteiger partial charge in [0, 0.05) is 12.6 Å². The zero-order valence-corrected chi connectivity index (χ0v) is 12.2. The van der Waals surface area contributed by atoms with E-state index in [-0.39, 0.29) is 6.04 Å². The van der Waals surface area contributed by atoms with Crippen molar-refractivity contribution in [3.05, 3.63) is 41.1 Å². The van der Waals surface area contributed by atoms with Crippen molar-refractivity contribution < 1.29 is 4.74 Å². The third-order valence-electron chi connectivity index (χ3n) is 3.48. The van der Waals surface area contributed by atoms with Crippen molar-refractivity contribution in [2.24, 2.45) is 12.8 Å². The first-order valence-electron chi connectivity index (χ1n) is 6.39. The number of hydrogen-bond acceptors (Lipinski definition) is 4. The molecule has 1 unspecified atom stereocenters. The van der Waals surface area contributed by atoms with E-state index in [4.69, 9.17) is 22.7 Å². The second-order valence-electron chi connectivity index (χ2n) is 4.84. The molecule has 2 aromatic rings. The molecule has 6 heteroatoms. The summed E-state index contributed by atoms with van der Waals surface area (Å²) in [6.07, 6.45) is 0. The van der Waals surface area contributed by atoms with Crippen LogP contribution in [-0.4, -0.2) is 21.4 Å².